The molecule has 3 heterocycles. The van der Waals surface area contributed by atoms with E-state index in [1.165, 1.54) is 4.90 Å². The van der Waals surface area contributed by atoms with Crippen molar-refractivity contribution in [2.45, 2.75) is 62.0 Å². The van der Waals surface area contributed by atoms with Gasteiger partial charge in [0, 0.05) is 17.2 Å². The highest BCUT2D eigenvalue weighted by molar-refractivity contribution is 8.01. The topological polar surface area (TPSA) is 127 Å². The number of rotatable bonds is 12. The van der Waals surface area contributed by atoms with Crippen LogP contribution in [0.5, 0.6) is 0 Å². The van der Waals surface area contributed by atoms with Crippen molar-refractivity contribution >= 4 is 51.2 Å². The number of benzene rings is 5. The lowest BCUT2D eigenvalue weighted by Gasteiger charge is -2.41. The number of aliphatic hydroxyl groups is 1. The number of thioether (sulfide) groups is 1. The van der Waals surface area contributed by atoms with Gasteiger partial charge in [0.05, 0.1) is 42.0 Å². The number of carbonyl (C=O) groups excluding carboxylic acids is 3. The highest BCUT2D eigenvalue weighted by Crippen LogP contribution is 2.44. The number of ether oxygens (including phenoxy) is 3. The van der Waals surface area contributed by atoms with Crippen molar-refractivity contribution in [1.29, 1.82) is 0 Å². The van der Waals surface area contributed by atoms with Gasteiger partial charge in [-0.05, 0) is 51.6 Å². The van der Waals surface area contributed by atoms with Gasteiger partial charge in [-0.1, -0.05) is 128 Å². The van der Waals surface area contributed by atoms with Crippen LogP contribution < -0.4 is 5.32 Å². The fourth-order valence-corrected chi connectivity index (χ4v) is 9.37. The molecule has 1 unspecified atom stereocenters. The zero-order valence-electron chi connectivity index (χ0n) is 31.2. The predicted octanol–water partition coefficient (Wildman–Crippen LogP) is 8.59. The molecule has 2 N–H and O–H groups in total. The average Bonchev–Trinajstić information content (AvgIpc) is 3.78. The Bertz CT molecular complexity index is 2320. The third-order valence-electron chi connectivity index (χ3n) is 10.3. The molecule has 0 spiro atoms. The predicted molar refractivity (Wildman–Crippen MR) is 219 cm³/mol. The summed E-state index contributed by atoms with van der Waals surface area (Å²) in [6, 6.07) is 40.1. The second kappa shape index (κ2) is 17.4. The third-order valence-corrected chi connectivity index (χ3v) is 12.6. The number of imide groups is 1. The number of amides is 3. The van der Waals surface area contributed by atoms with E-state index in [2.05, 4.69) is 18.3 Å². The Balaban J connectivity index is 0.937. The average molecular weight is 800 g/mol. The Morgan fingerprint density at radius 2 is 1.60 bits per heavy atom. The van der Waals surface area contributed by atoms with Gasteiger partial charge < -0.3 is 24.6 Å². The van der Waals surface area contributed by atoms with Gasteiger partial charge in [0.2, 0.25) is 5.91 Å². The zero-order chi connectivity index (χ0) is 39.3. The smallest absolute Gasteiger partial charge is 0.408 e. The number of nitrogens with zero attached hydrogens (tertiary/aromatic N) is 2. The molecule has 5 aromatic carbocycles. The molecular formula is C45H41N3O7S2. The van der Waals surface area contributed by atoms with Crippen LogP contribution in [0, 0.1) is 5.92 Å². The van der Waals surface area contributed by atoms with Gasteiger partial charge in [-0.15, -0.1) is 11.3 Å². The first-order chi connectivity index (χ1) is 27.8. The fraction of sp³-hybridized carbons (Fsp3) is 0.244. The molecule has 2 saturated heterocycles. The van der Waals surface area contributed by atoms with Crippen LogP contribution in [-0.2, 0) is 43.6 Å². The number of carbonyl (C=O) groups is 3. The van der Waals surface area contributed by atoms with Gasteiger partial charge in [0.15, 0.2) is 10.6 Å². The summed E-state index contributed by atoms with van der Waals surface area (Å²) in [6.45, 7) is 2.27. The molecule has 0 radical (unpaired) electrons. The van der Waals surface area contributed by atoms with Gasteiger partial charge in [0.1, 0.15) is 12.6 Å². The molecule has 0 aliphatic carbocycles. The molecule has 5 atom stereocenters. The van der Waals surface area contributed by atoms with E-state index in [1.807, 2.05) is 121 Å². The maximum Gasteiger partial charge on any atom is 0.408 e. The number of alkyl carbamates (subject to hydrolysis) is 1. The second-order valence-corrected chi connectivity index (χ2v) is 16.5. The molecular weight excluding hydrogens is 759 g/mol. The molecule has 6 aromatic rings. The molecule has 12 heteroatoms. The van der Waals surface area contributed by atoms with E-state index in [-0.39, 0.29) is 50.2 Å². The minimum atomic E-state index is -0.978. The number of nitrogens with one attached hydrogen (secondary N) is 1. The second-order valence-electron chi connectivity index (χ2n) is 14.2. The lowest BCUT2D eigenvalue weighted by atomic mass is 9.91. The molecule has 0 bridgehead atoms. The number of fused-ring (bicyclic) bond motifs is 1. The van der Waals surface area contributed by atoms with Crippen LogP contribution in [0.1, 0.15) is 53.6 Å². The van der Waals surface area contributed by atoms with Crippen molar-refractivity contribution < 1.29 is 33.7 Å². The summed E-state index contributed by atoms with van der Waals surface area (Å²) < 4.78 is 20.8. The van der Waals surface area contributed by atoms with Crippen LogP contribution >= 0.6 is 23.1 Å². The molecule has 0 saturated carbocycles. The first kappa shape index (κ1) is 38.5. The first-order valence-electron chi connectivity index (χ1n) is 18.8. The van der Waals surface area contributed by atoms with Gasteiger partial charge >= 0.3 is 6.09 Å². The molecule has 3 amide bonds. The summed E-state index contributed by atoms with van der Waals surface area (Å²) in [7, 11) is 0. The van der Waals surface area contributed by atoms with E-state index >= 15 is 0 Å². The van der Waals surface area contributed by atoms with Crippen molar-refractivity contribution in [1.82, 2.24) is 15.2 Å². The van der Waals surface area contributed by atoms with Crippen LogP contribution in [0.25, 0.3) is 21.3 Å². The standard InChI is InChI=1S/C45H41N3O7S2/c1-28-38(27-56-45-47-36-12-5-6-13-39(36)57-45)54-43(55-41(28)33-16-14-29(25-49)15-17-33)34-20-18-32(19-21-34)35-11-7-10-31(22-35)24-48-40(50)23-37(42(48)51)46-44(52)53-26-30-8-3-2-4-9-30/h2-22,28,37-38,41,43,49H,23-27H2,1H3,(H,46,52)/t28-,37?,38+,41+,43+/m1/s1. The number of hydrogen-bond donors (Lipinski definition) is 2. The van der Waals surface area contributed by atoms with Crippen LogP contribution in [0.2, 0.25) is 0 Å². The molecule has 2 fully saturated rings. The quantitative estimate of drug-likeness (QED) is 0.0925. The summed E-state index contributed by atoms with van der Waals surface area (Å²) in [5.41, 5.74) is 7.20. The van der Waals surface area contributed by atoms with Crippen molar-refractivity contribution in [3.63, 3.8) is 0 Å². The first-order valence-corrected chi connectivity index (χ1v) is 20.6. The summed E-state index contributed by atoms with van der Waals surface area (Å²) in [4.78, 5) is 44.5. The van der Waals surface area contributed by atoms with E-state index < -0.39 is 24.3 Å². The zero-order valence-corrected chi connectivity index (χ0v) is 32.8. The minimum absolute atomic E-state index is 0.0237. The number of likely N-dealkylation sites (tertiary alicyclic amines) is 1. The Morgan fingerprint density at radius 1 is 0.860 bits per heavy atom. The number of hydrogen-bond acceptors (Lipinski definition) is 10. The summed E-state index contributed by atoms with van der Waals surface area (Å²) in [5.74, 6) is -0.0790. The molecule has 290 valence electrons. The molecule has 2 aliphatic heterocycles. The lowest BCUT2D eigenvalue weighted by Crippen LogP contribution is -2.41. The Labute approximate surface area is 338 Å². The van der Waals surface area contributed by atoms with Crippen LogP contribution in [0.4, 0.5) is 4.79 Å². The van der Waals surface area contributed by atoms with E-state index in [9.17, 15) is 19.5 Å². The molecule has 10 nitrogen and oxygen atoms in total. The summed E-state index contributed by atoms with van der Waals surface area (Å²) >= 11 is 3.38. The van der Waals surface area contributed by atoms with Gasteiger partial charge in [-0.3, -0.25) is 14.5 Å². The molecule has 8 rings (SSSR count). The van der Waals surface area contributed by atoms with Crippen molar-refractivity contribution in [3.05, 3.63) is 155 Å². The SMILES string of the molecule is C[C@@H]1[C@H](CSc2nc3ccccc3s2)O[C@H](c2ccc(-c3cccc(CN4C(=O)CC(NC(=O)OCc5ccccc5)C4=O)c3)cc2)O[C@@H]1c1ccc(CO)cc1. The maximum absolute atomic E-state index is 13.2. The molecule has 1 aromatic heterocycles. The fourth-order valence-electron chi connectivity index (χ4n) is 7.11. The number of thiazole rings is 1. The van der Waals surface area contributed by atoms with Crippen LogP contribution in [-0.4, -0.2) is 50.8 Å². The Kier molecular flexibility index (Phi) is 11.8. The Hall–Kier alpha value is -5.37. The van der Waals surface area contributed by atoms with Crippen LogP contribution in [0.3, 0.4) is 0 Å². The van der Waals surface area contributed by atoms with Gasteiger partial charge in [-0.25, -0.2) is 9.78 Å². The van der Waals surface area contributed by atoms with E-state index in [1.54, 1.807) is 23.1 Å². The van der Waals surface area contributed by atoms with E-state index in [4.69, 9.17) is 19.2 Å². The molecule has 57 heavy (non-hydrogen) atoms. The largest absolute Gasteiger partial charge is 0.445 e. The van der Waals surface area contributed by atoms with Gasteiger partial charge in [-0.2, -0.15) is 0 Å². The van der Waals surface area contributed by atoms with Crippen molar-refractivity contribution in [3.8, 4) is 11.1 Å². The number of aromatic nitrogens is 1. The molecule has 2 aliphatic rings. The summed E-state index contributed by atoms with van der Waals surface area (Å²) in [6.07, 6.45) is -1.86. The highest BCUT2D eigenvalue weighted by Gasteiger charge is 2.40. The van der Waals surface area contributed by atoms with Gasteiger partial charge in [0.25, 0.3) is 5.91 Å². The number of aliphatic hydroxyl groups excluding tert-OH is 1. The van der Waals surface area contributed by atoms with E-state index in [0.717, 1.165) is 53.5 Å². The van der Waals surface area contributed by atoms with Crippen molar-refractivity contribution in [2.75, 3.05) is 5.75 Å². The van der Waals surface area contributed by atoms with E-state index in [0.29, 0.717) is 5.75 Å². The lowest BCUT2D eigenvalue weighted by molar-refractivity contribution is -0.268. The number of para-hydroxylation sites is 1. The summed E-state index contributed by atoms with van der Waals surface area (Å²) in [5, 5.41) is 12.2. The highest BCUT2D eigenvalue weighted by atomic mass is 32.2. The Morgan fingerprint density at radius 3 is 2.37 bits per heavy atom. The maximum atomic E-state index is 13.2. The monoisotopic (exact) mass is 799 g/mol. The minimum Gasteiger partial charge on any atom is -0.445 e. The van der Waals surface area contributed by atoms with Crippen molar-refractivity contribution in [2.24, 2.45) is 5.92 Å². The normalized spacial score (nSPS) is 20.9. The third kappa shape index (κ3) is 8.96. The van der Waals surface area contributed by atoms with Crippen LogP contribution in [0.15, 0.2) is 132 Å².